The highest BCUT2D eigenvalue weighted by molar-refractivity contribution is 5.53. The van der Waals surface area contributed by atoms with Gasteiger partial charge in [0.15, 0.2) is 0 Å². The van der Waals surface area contributed by atoms with Crippen LogP contribution in [0, 0.1) is 5.41 Å². The molecule has 1 aliphatic rings. The SMILES string of the molecule is C=C1C(C)=C(N)CC(C(C)(C)C)=C1CCCCCC. The fraction of sp³-hybridized carbons (Fsp3) is 0.667. The Bertz CT molecular complexity index is 402. The Kier molecular flexibility index (Phi) is 5.46. The van der Waals surface area contributed by atoms with Gasteiger partial charge in [-0.25, -0.2) is 0 Å². The van der Waals surface area contributed by atoms with Crippen molar-refractivity contribution in [1.29, 1.82) is 0 Å². The summed E-state index contributed by atoms with van der Waals surface area (Å²) < 4.78 is 0. The third-order valence-corrected chi connectivity index (χ3v) is 4.22. The van der Waals surface area contributed by atoms with Crippen molar-refractivity contribution < 1.29 is 0 Å². The van der Waals surface area contributed by atoms with E-state index in [2.05, 4.69) is 41.2 Å². The van der Waals surface area contributed by atoms with Crippen molar-refractivity contribution in [2.75, 3.05) is 0 Å². The van der Waals surface area contributed by atoms with E-state index in [9.17, 15) is 0 Å². The molecule has 0 radical (unpaired) electrons. The first-order valence-corrected chi connectivity index (χ1v) is 7.66. The van der Waals surface area contributed by atoms with E-state index in [4.69, 9.17) is 5.73 Å². The molecule has 0 fully saturated rings. The van der Waals surface area contributed by atoms with E-state index in [1.54, 1.807) is 0 Å². The van der Waals surface area contributed by atoms with Gasteiger partial charge in [-0.15, -0.1) is 0 Å². The maximum absolute atomic E-state index is 6.18. The smallest absolute Gasteiger partial charge is 0.0158 e. The molecule has 0 bridgehead atoms. The molecule has 0 saturated carbocycles. The lowest BCUT2D eigenvalue weighted by molar-refractivity contribution is 0.478. The molecular formula is C18H31N. The van der Waals surface area contributed by atoms with Crippen molar-refractivity contribution in [3.63, 3.8) is 0 Å². The molecule has 1 rings (SSSR count). The van der Waals surface area contributed by atoms with Crippen LogP contribution >= 0.6 is 0 Å². The number of unbranched alkanes of at least 4 members (excludes halogenated alkanes) is 3. The third-order valence-electron chi connectivity index (χ3n) is 4.22. The fourth-order valence-electron chi connectivity index (χ4n) is 2.78. The summed E-state index contributed by atoms with van der Waals surface area (Å²) in [4.78, 5) is 0. The average molecular weight is 261 g/mol. The maximum atomic E-state index is 6.18. The van der Waals surface area contributed by atoms with E-state index in [1.165, 1.54) is 48.0 Å². The van der Waals surface area contributed by atoms with Gasteiger partial charge in [-0.1, -0.05) is 59.1 Å². The van der Waals surface area contributed by atoms with E-state index in [1.807, 2.05) is 0 Å². The van der Waals surface area contributed by atoms with Crippen molar-refractivity contribution in [3.8, 4) is 0 Å². The van der Waals surface area contributed by atoms with Crippen molar-refractivity contribution in [3.05, 3.63) is 34.6 Å². The largest absolute Gasteiger partial charge is 0.402 e. The summed E-state index contributed by atoms with van der Waals surface area (Å²) in [7, 11) is 0. The zero-order valence-electron chi connectivity index (χ0n) is 13.5. The summed E-state index contributed by atoms with van der Waals surface area (Å²) in [6.07, 6.45) is 7.31. The number of allylic oxidation sites excluding steroid dienone is 4. The van der Waals surface area contributed by atoms with E-state index in [0.717, 1.165) is 18.5 Å². The first-order valence-electron chi connectivity index (χ1n) is 7.66. The predicted molar refractivity (Wildman–Crippen MR) is 85.9 cm³/mol. The van der Waals surface area contributed by atoms with Crippen molar-refractivity contribution in [2.24, 2.45) is 11.1 Å². The summed E-state index contributed by atoms with van der Waals surface area (Å²) in [6.45, 7) is 15.5. The van der Waals surface area contributed by atoms with Gasteiger partial charge < -0.3 is 5.73 Å². The average Bonchev–Trinajstić information content (AvgIpc) is 2.32. The molecule has 0 spiro atoms. The Labute approximate surface area is 119 Å². The van der Waals surface area contributed by atoms with E-state index in [0.29, 0.717) is 0 Å². The molecule has 0 saturated heterocycles. The second-order valence-corrected chi connectivity index (χ2v) is 6.82. The first kappa shape index (κ1) is 16.1. The highest BCUT2D eigenvalue weighted by Crippen LogP contribution is 2.42. The quantitative estimate of drug-likeness (QED) is 0.650. The van der Waals surface area contributed by atoms with E-state index < -0.39 is 0 Å². The second-order valence-electron chi connectivity index (χ2n) is 6.82. The lowest BCUT2D eigenvalue weighted by atomic mass is 9.73. The lowest BCUT2D eigenvalue weighted by Gasteiger charge is -2.33. The maximum Gasteiger partial charge on any atom is 0.0158 e. The van der Waals surface area contributed by atoms with Crippen molar-refractivity contribution >= 4 is 0 Å². The first-order chi connectivity index (χ1) is 8.79. The Balaban J connectivity index is 2.93. The predicted octanol–water partition coefficient (Wildman–Crippen LogP) is 5.49. The van der Waals surface area contributed by atoms with Gasteiger partial charge in [0.2, 0.25) is 0 Å². The van der Waals surface area contributed by atoms with Crippen LogP contribution in [0.3, 0.4) is 0 Å². The third kappa shape index (κ3) is 3.99. The Morgan fingerprint density at radius 2 is 1.79 bits per heavy atom. The standard InChI is InChI=1S/C18H31N/c1-7-8-9-10-11-15-13(2)14(3)17(19)12-16(15)18(4,5)6/h2,7-12,19H2,1,3-6H3. The molecular weight excluding hydrogens is 230 g/mol. The van der Waals surface area contributed by atoms with Gasteiger partial charge in [-0.2, -0.15) is 0 Å². The molecule has 19 heavy (non-hydrogen) atoms. The molecule has 1 nitrogen and oxygen atoms in total. The van der Waals surface area contributed by atoms with Crippen molar-refractivity contribution in [2.45, 2.75) is 73.1 Å². The van der Waals surface area contributed by atoms with Crippen LogP contribution in [-0.2, 0) is 0 Å². The molecule has 1 heteroatoms. The monoisotopic (exact) mass is 261 g/mol. The molecule has 0 heterocycles. The molecule has 0 unspecified atom stereocenters. The molecule has 108 valence electrons. The van der Waals surface area contributed by atoms with Crippen LogP contribution in [0.5, 0.6) is 0 Å². The van der Waals surface area contributed by atoms with Gasteiger partial charge in [-0.3, -0.25) is 0 Å². The number of hydrogen-bond donors (Lipinski definition) is 1. The van der Waals surface area contributed by atoms with Crippen LogP contribution in [0.2, 0.25) is 0 Å². The topological polar surface area (TPSA) is 26.0 Å². The molecule has 0 aromatic heterocycles. The summed E-state index contributed by atoms with van der Waals surface area (Å²) in [5.74, 6) is 0. The molecule has 0 amide bonds. The van der Waals surface area contributed by atoms with Gasteiger partial charge in [0.1, 0.15) is 0 Å². The summed E-state index contributed by atoms with van der Waals surface area (Å²) >= 11 is 0. The fourth-order valence-corrected chi connectivity index (χ4v) is 2.78. The van der Waals surface area contributed by atoms with Gasteiger partial charge in [0.05, 0.1) is 0 Å². The minimum atomic E-state index is 0.189. The second kappa shape index (κ2) is 6.45. The molecule has 0 aromatic carbocycles. The van der Waals surface area contributed by atoms with Gasteiger partial charge in [0.25, 0.3) is 0 Å². The van der Waals surface area contributed by atoms with Crippen molar-refractivity contribution in [1.82, 2.24) is 0 Å². The zero-order valence-corrected chi connectivity index (χ0v) is 13.5. The molecule has 0 atom stereocenters. The summed E-state index contributed by atoms with van der Waals surface area (Å²) in [5.41, 5.74) is 12.7. The highest BCUT2D eigenvalue weighted by Gasteiger charge is 2.27. The number of nitrogens with two attached hydrogens (primary N) is 1. The minimum Gasteiger partial charge on any atom is -0.402 e. The van der Waals surface area contributed by atoms with Gasteiger partial charge in [0, 0.05) is 12.1 Å². The Morgan fingerprint density at radius 1 is 1.16 bits per heavy atom. The van der Waals surface area contributed by atoms with Crippen LogP contribution in [0.4, 0.5) is 0 Å². The lowest BCUT2D eigenvalue weighted by Crippen LogP contribution is -2.20. The number of hydrogen-bond acceptors (Lipinski definition) is 1. The minimum absolute atomic E-state index is 0.189. The van der Waals surface area contributed by atoms with E-state index in [-0.39, 0.29) is 5.41 Å². The van der Waals surface area contributed by atoms with Crippen LogP contribution < -0.4 is 5.73 Å². The number of rotatable bonds is 5. The normalized spacial score (nSPS) is 17.4. The molecule has 0 aliphatic heterocycles. The van der Waals surface area contributed by atoms with Gasteiger partial charge in [-0.05, 0) is 41.9 Å². The van der Waals surface area contributed by atoms with Crippen LogP contribution in [0.1, 0.15) is 73.1 Å². The molecule has 1 aliphatic carbocycles. The van der Waals surface area contributed by atoms with Crippen LogP contribution in [0.25, 0.3) is 0 Å². The highest BCUT2D eigenvalue weighted by atomic mass is 14.6. The van der Waals surface area contributed by atoms with Crippen LogP contribution in [0.15, 0.2) is 34.6 Å². The van der Waals surface area contributed by atoms with Gasteiger partial charge >= 0.3 is 0 Å². The van der Waals surface area contributed by atoms with Crippen LogP contribution in [-0.4, -0.2) is 0 Å². The Morgan fingerprint density at radius 3 is 2.32 bits per heavy atom. The van der Waals surface area contributed by atoms with E-state index >= 15 is 0 Å². The zero-order chi connectivity index (χ0) is 14.6. The molecule has 2 N–H and O–H groups in total. The summed E-state index contributed by atoms with van der Waals surface area (Å²) in [6, 6.07) is 0. The summed E-state index contributed by atoms with van der Waals surface area (Å²) in [5, 5.41) is 0. The molecule has 0 aromatic rings. The Hall–Kier alpha value is -0.980.